The molecule has 0 aliphatic carbocycles. The van der Waals surface area contributed by atoms with Gasteiger partial charge in [-0.05, 0) is 24.2 Å². The first-order valence-electron chi connectivity index (χ1n) is 13.4. The molecular formula is C24H45N6O11P. The molecule has 0 heterocycles. The average Bonchev–Trinajstić information content (AvgIpc) is 2.85. The summed E-state index contributed by atoms with van der Waals surface area (Å²) >= 11 is 0. The third kappa shape index (κ3) is 14.7. The Morgan fingerprint density at radius 3 is 1.71 bits per heavy atom. The molecule has 42 heavy (non-hydrogen) atoms. The smallest absolute Gasteiger partial charge is 0.469 e. The van der Waals surface area contributed by atoms with Gasteiger partial charge in [0.15, 0.2) is 0 Å². The van der Waals surface area contributed by atoms with E-state index in [4.69, 9.17) is 21.3 Å². The first kappa shape index (κ1) is 38.9. The number of hydrogen-bond donors (Lipinski definition) is 9. The summed E-state index contributed by atoms with van der Waals surface area (Å²) in [5.41, 5.74) is 11.0. The van der Waals surface area contributed by atoms with Crippen molar-refractivity contribution in [2.45, 2.75) is 91.0 Å². The summed E-state index contributed by atoms with van der Waals surface area (Å²) in [6.07, 6.45) is -0.273. The zero-order valence-electron chi connectivity index (χ0n) is 24.7. The van der Waals surface area contributed by atoms with Gasteiger partial charge in [0.05, 0.1) is 19.1 Å². The third-order valence-corrected chi connectivity index (χ3v) is 6.70. The molecule has 0 aliphatic rings. The number of nitrogens with two attached hydrogens (primary N) is 2. The maximum absolute atomic E-state index is 13.3. The molecule has 0 unspecified atom stereocenters. The van der Waals surface area contributed by atoms with Crippen LogP contribution in [0.5, 0.6) is 0 Å². The predicted octanol–water partition coefficient (Wildman–Crippen LogP) is -1.93. The maximum Gasteiger partial charge on any atom is 0.469 e. The summed E-state index contributed by atoms with van der Waals surface area (Å²) in [5, 5.41) is 18.7. The lowest BCUT2D eigenvalue weighted by Gasteiger charge is -2.28. The number of carbonyl (C=O) groups excluding carboxylic acids is 5. The van der Waals surface area contributed by atoms with Crippen LogP contribution in [0.1, 0.15) is 60.8 Å². The van der Waals surface area contributed by atoms with Crippen molar-refractivity contribution in [3.63, 3.8) is 0 Å². The monoisotopic (exact) mass is 624 g/mol. The van der Waals surface area contributed by atoms with Gasteiger partial charge in [0.2, 0.25) is 29.5 Å². The molecule has 17 nitrogen and oxygen atoms in total. The van der Waals surface area contributed by atoms with Crippen LogP contribution in [0.3, 0.4) is 0 Å². The fraction of sp³-hybridized carbons (Fsp3) is 0.750. The summed E-state index contributed by atoms with van der Waals surface area (Å²) in [7, 11) is -5.12. The molecule has 0 fully saturated rings. The Labute approximate surface area is 244 Å². The molecule has 0 aromatic rings. The van der Waals surface area contributed by atoms with Crippen molar-refractivity contribution in [3.8, 4) is 0 Å². The zero-order valence-corrected chi connectivity index (χ0v) is 25.6. The van der Waals surface area contributed by atoms with Crippen molar-refractivity contribution in [1.29, 1.82) is 0 Å². The quantitative estimate of drug-likeness (QED) is 0.0710. The number of hydrogen-bond acceptors (Lipinski definition) is 9. The van der Waals surface area contributed by atoms with Gasteiger partial charge in [-0.15, -0.1) is 0 Å². The van der Waals surface area contributed by atoms with Crippen LogP contribution >= 0.6 is 7.82 Å². The highest BCUT2D eigenvalue weighted by Gasteiger charge is 2.35. The molecule has 5 amide bonds. The fourth-order valence-corrected chi connectivity index (χ4v) is 3.86. The van der Waals surface area contributed by atoms with E-state index in [-0.39, 0.29) is 18.3 Å². The number of amides is 5. The summed E-state index contributed by atoms with van der Waals surface area (Å²) in [6, 6.07) is -7.06. The maximum atomic E-state index is 13.3. The number of carbonyl (C=O) groups is 6. The van der Waals surface area contributed by atoms with Gasteiger partial charge in [0.1, 0.15) is 24.2 Å². The molecule has 0 aromatic heterocycles. The largest absolute Gasteiger partial charge is 0.480 e. The summed E-state index contributed by atoms with van der Waals surface area (Å²) in [6.45, 7) is 8.96. The van der Waals surface area contributed by atoms with E-state index in [1.807, 2.05) is 0 Å². The number of primary amides is 1. The van der Waals surface area contributed by atoms with Gasteiger partial charge in [-0.1, -0.05) is 48.0 Å². The third-order valence-electron chi connectivity index (χ3n) is 6.22. The van der Waals surface area contributed by atoms with E-state index in [0.717, 1.165) is 0 Å². The van der Waals surface area contributed by atoms with E-state index in [2.05, 4.69) is 25.8 Å². The Hall–Kier alpha value is -3.11. The lowest BCUT2D eigenvalue weighted by molar-refractivity contribution is -0.144. The van der Waals surface area contributed by atoms with E-state index < -0.39 is 92.5 Å². The second kappa shape index (κ2) is 17.8. The Kier molecular flexibility index (Phi) is 16.4. The number of carboxylic acids is 1. The average molecular weight is 625 g/mol. The highest BCUT2D eigenvalue weighted by molar-refractivity contribution is 7.46. The number of nitrogens with one attached hydrogen (secondary N) is 4. The van der Waals surface area contributed by atoms with Crippen LogP contribution in [0.4, 0.5) is 0 Å². The minimum atomic E-state index is -5.12. The van der Waals surface area contributed by atoms with Crippen LogP contribution in [0.2, 0.25) is 0 Å². The second-order valence-electron chi connectivity index (χ2n) is 10.7. The Bertz CT molecular complexity index is 1020. The fourth-order valence-electron chi connectivity index (χ4n) is 3.52. The number of rotatable bonds is 19. The van der Waals surface area contributed by atoms with Gasteiger partial charge in [-0.25, -0.2) is 9.36 Å². The standard InChI is InChI=1S/C24H45N6O11P/c1-7-13(6)19(24(36)37)30-22(34)16(10-41-42(38,39)40)29-20(32)14(8-11(2)3)27-21(33)15(9-17(25)31)28-23(35)18(26)12(4)5/h11-16,18-19H,7-10,26H2,1-6H3,(H2,25,31)(H,27,33)(H,28,35)(H,29,32)(H,30,34)(H,36,37)(H2,38,39,40)/t13-,14-,15-,16-,18-,19-/m0/s1. The molecule has 11 N–H and O–H groups in total. The first-order valence-corrected chi connectivity index (χ1v) is 14.9. The Morgan fingerprint density at radius 2 is 1.29 bits per heavy atom. The van der Waals surface area contributed by atoms with Gasteiger partial charge >= 0.3 is 13.8 Å². The van der Waals surface area contributed by atoms with Crippen LogP contribution in [0.25, 0.3) is 0 Å². The lowest BCUT2D eigenvalue weighted by atomic mass is 9.99. The molecule has 6 atom stereocenters. The SMILES string of the molecule is CC[C@H](C)[C@H](NC(=O)[C@H](COP(=O)(O)O)NC(=O)[C@H](CC(C)C)NC(=O)[C@H](CC(N)=O)NC(=O)[C@@H](N)C(C)C)C(=O)O. The molecule has 0 saturated heterocycles. The van der Waals surface area contributed by atoms with Gasteiger partial charge < -0.3 is 47.6 Å². The van der Waals surface area contributed by atoms with Gasteiger partial charge in [0, 0.05) is 0 Å². The van der Waals surface area contributed by atoms with E-state index in [1.165, 1.54) is 0 Å². The van der Waals surface area contributed by atoms with Crippen molar-refractivity contribution in [2.24, 2.45) is 29.2 Å². The molecule has 0 rings (SSSR count). The Balaban J connectivity index is 6.08. The van der Waals surface area contributed by atoms with E-state index in [1.54, 1.807) is 41.5 Å². The normalized spacial score (nSPS) is 16.0. The molecule has 0 aliphatic heterocycles. The summed E-state index contributed by atoms with van der Waals surface area (Å²) < 4.78 is 15.7. The second-order valence-corrected chi connectivity index (χ2v) is 12.0. The number of aliphatic carboxylic acids is 1. The molecule has 0 aromatic carbocycles. The van der Waals surface area contributed by atoms with Crippen LogP contribution < -0.4 is 32.7 Å². The van der Waals surface area contributed by atoms with Crippen LogP contribution in [0.15, 0.2) is 0 Å². The van der Waals surface area contributed by atoms with Crippen LogP contribution in [-0.2, 0) is 37.9 Å². The highest BCUT2D eigenvalue weighted by Crippen LogP contribution is 2.35. The van der Waals surface area contributed by atoms with E-state index in [9.17, 15) is 38.4 Å². The summed E-state index contributed by atoms with van der Waals surface area (Å²) in [4.78, 5) is 93.2. The number of carboxylic acid groups (broad SMARTS) is 1. The Morgan fingerprint density at radius 1 is 0.810 bits per heavy atom. The molecule has 242 valence electrons. The molecule has 0 spiro atoms. The van der Waals surface area contributed by atoms with Gasteiger partial charge in [-0.2, -0.15) is 0 Å². The molecule has 0 bridgehead atoms. The minimum Gasteiger partial charge on any atom is -0.480 e. The first-order chi connectivity index (χ1) is 19.2. The summed E-state index contributed by atoms with van der Waals surface area (Å²) in [5.74, 6) is -7.18. The van der Waals surface area contributed by atoms with Gasteiger partial charge in [-0.3, -0.25) is 28.5 Å². The highest BCUT2D eigenvalue weighted by atomic mass is 31.2. The number of phosphoric acid groups is 1. The molecule has 0 radical (unpaired) electrons. The zero-order chi connectivity index (χ0) is 32.9. The predicted molar refractivity (Wildman–Crippen MR) is 149 cm³/mol. The van der Waals surface area contributed by atoms with Crippen molar-refractivity contribution < 1.29 is 52.7 Å². The lowest BCUT2D eigenvalue weighted by Crippen LogP contribution is -2.60. The van der Waals surface area contributed by atoms with Crippen molar-refractivity contribution in [3.05, 3.63) is 0 Å². The molecular weight excluding hydrogens is 579 g/mol. The molecule has 18 heteroatoms. The van der Waals surface area contributed by atoms with Crippen molar-refractivity contribution in [1.82, 2.24) is 21.3 Å². The minimum absolute atomic E-state index is 0.0152. The van der Waals surface area contributed by atoms with Crippen molar-refractivity contribution in [2.75, 3.05) is 6.61 Å². The van der Waals surface area contributed by atoms with E-state index in [0.29, 0.717) is 6.42 Å². The molecule has 0 saturated carbocycles. The van der Waals surface area contributed by atoms with Crippen LogP contribution in [-0.4, -0.2) is 87.2 Å². The topological polar surface area (TPSA) is 290 Å². The van der Waals surface area contributed by atoms with Crippen LogP contribution in [0, 0.1) is 17.8 Å². The van der Waals surface area contributed by atoms with Crippen molar-refractivity contribution >= 4 is 43.3 Å². The van der Waals surface area contributed by atoms with E-state index >= 15 is 0 Å². The number of phosphoric ester groups is 1. The van der Waals surface area contributed by atoms with Gasteiger partial charge in [0.25, 0.3) is 0 Å².